The molecule has 0 spiro atoms. The lowest BCUT2D eigenvalue weighted by molar-refractivity contribution is 0.0286. The van der Waals surface area contributed by atoms with Gasteiger partial charge < -0.3 is 10.4 Å². The maximum atomic E-state index is 14.3. The first-order valence-electron chi connectivity index (χ1n) is 6.96. The highest BCUT2D eigenvalue weighted by atomic mass is 79.9. The van der Waals surface area contributed by atoms with Gasteiger partial charge in [-0.25, -0.2) is 4.39 Å². The SMILES string of the molecule is CC(C)(CO)[C@@H](c1cc(Br)ccc1F)N1CCNCC1. The Morgan fingerprint density at radius 1 is 1.40 bits per heavy atom. The van der Waals surface area contributed by atoms with E-state index in [-0.39, 0.29) is 18.5 Å². The number of benzene rings is 1. The normalized spacial score (nSPS) is 19.1. The van der Waals surface area contributed by atoms with Gasteiger partial charge in [0, 0.05) is 54.3 Å². The minimum Gasteiger partial charge on any atom is -0.396 e. The van der Waals surface area contributed by atoms with E-state index < -0.39 is 5.41 Å². The quantitative estimate of drug-likeness (QED) is 0.881. The van der Waals surface area contributed by atoms with Crippen molar-refractivity contribution < 1.29 is 9.50 Å². The summed E-state index contributed by atoms with van der Waals surface area (Å²) in [7, 11) is 0. The zero-order valence-corrected chi connectivity index (χ0v) is 13.6. The van der Waals surface area contributed by atoms with E-state index >= 15 is 0 Å². The molecule has 1 heterocycles. The molecule has 1 aliphatic rings. The molecule has 0 radical (unpaired) electrons. The van der Waals surface area contributed by atoms with Crippen molar-refractivity contribution >= 4 is 15.9 Å². The van der Waals surface area contributed by atoms with E-state index in [0.717, 1.165) is 30.7 Å². The van der Waals surface area contributed by atoms with Crippen LogP contribution in [-0.4, -0.2) is 42.8 Å². The summed E-state index contributed by atoms with van der Waals surface area (Å²) in [6.07, 6.45) is 0. The van der Waals surface area contributed by atoms with Gasteiger partial charge in [0.2, 0.25) is 0 Å². The summed E-state index contributed by atoms with van der Waals surface area (Å²) in [5.41, 5.74) is 0.249. The summed E-state index contributed by atoms with van der Waals surface area (Å²) in [4.78, 5) is 2.26. The Labute approximate surface area is 128 Å². The fourth-order valence-electron chi connectivity index (χ4n) is 2.86. The van der Waals surface area contributed by atoms with Gasteiger partial charge in [0.25, 0.3) is 0 Å². The fraction of sp³-hybridized carbons (Fsp3) is 0.600. The first-order valence-corrected chi connectivity index (χ1v) is 7.75. The second kappa shape index (κ2) is 6.52. The first kappa shape index (κ1) is 15.9. The number of rotatable bonds is 4. The van der Waals surface area contributed by atoms with Crippen LogP contribution in [0.25, 0.3) is 0 Å². The van der Waals surface area contributed by atoms with Crippen molar-refractivity contribution in [2.75, 3.05) is 32.8 Å². The zero-order chi connectivity index (χ0) is 14.8. The van der Waals surface area contributed by atoms with E-state index in [1.165, 1.54) is 6.07 Å². The van der Waals surface area contributed by atoms with E-state index in [9.17, 15) is 9.50 Å². The second-order valence-corrected chi connectivity index (χ2v) is 6.92. The molecular weight excluding hydrogens is 323 g/mol. The lowest BCUT2D eigenvalue weighted by Crippen LogP contribution is -2.49. The smallest absolute Gasteiger partial charge is 0.128 e. The minimum absolute atomic E-state index is 0.0214. The maximum absolute atomic E-state index is 14.3. The Bertz CT molecular complexity index is 461. The van der Waals surface area contributed by atoms with Gasteiger partial charge in [0.1, 0.15) is 5.82 Å². The molecule has 2 N–H and O–H groups in total. The molecule has 5 heteroatoms. The van der Waals surface area contributed by atoms with Gasteiger partial charge in [0.05, 0.1) is 0 Å². The highest BCUT2D eigenvalue weighted by Gasteiger charge is 2.37. The lowest BCUT2D eigenvalue weighted by Gasteiger charge is -2.43. The zero-order valence-electron chi connectivity index (χ0n) is 12.0. The van der Waals surface area contributed by atoms with Crippen molar-refractivity contribution in [2.45, 2.75) is 19.9 Å². The Morgan fingerprint density at radius 3 is 2.65 bits per heavy atom. The van der Waals surface area contributed by atoms with Gasteiger partial charge in [-0.3, -0.25) is 4.90 Å². The summed E-state index contributed by atoms with van der Waals surface area (Å²) in [5, 5.41) is 13.0. The van der Waals surface area contributed by atoms with Crippen LogP contribution in [0.3, 0.4) is 0 Å². The molecule has 0 saturated carbocycles. The van der Waals surface area contributed by atoms with E-state index in [1.54, 1.807) is 6.07 Å². The van der Waals surface area contributed by atoms with Crippen molar-refractivity contribution in [3.8, 4) is 0 Å². The third kappa shape index (κ3) is 3.39. The average molecular weight is 345 g/mol. The third-order valence-corrected chi connectivity index (χ3v) is 4.41. The first-order chi connectivity index (χ1) is 9.45. The molecule has 0 bridgehead atoms. The molecule has 2 rings (SSSR count). The summed E-state index contributed by atoms with van der Waals surface area (Å²) in [5.74, 6) is -0.210. The van der Waals surface area contributed by atoms with Crippen LogP contribution in [0.1, 0.15) is 25.5 Å². The number of nitrogens with zero attached hydrogens (tertiary/aromatic N) is 1. The highest BCUT2D eigenvalue weighted by molar-refractivity contribution is 9.10. The molecule has 1 atom stereocenters. The summed E-state index contributed by atoms with van der Waals surface area (Å²) in [6.45, 7) is 7.51. The molecule has 0 aliphatic carbocycles. The second-order valence-electron chi connectivity index (χ2n) is 6.00. The molecule has 0 unspecified atom stereocenters. The predicted molar refractivity (Wildman–Crippen MR) is 82.2 cm³/mol. The van der Waals surface area contributed by atoms with Gasteiger partial charge >= 0.3 is 0 Å². The number of halogens is 2. The Kier molecular flexibility index (Phi) is 5.18. The number of hydrogen-bond acceptors (Lipinski definition) is 3. The molecule has 1 aromatic carbocycles. The third-order valence-electron chi connectivity index (χ3n) is 3.92. The van der Waals surface area contributed by atoms with Crippen LogP contribution < -0.4 is 5.32 Å². The Hall–Kier alpha value is -0.490. The van der Waals surface area contributed by atoms with Gasteiger partial charge in [0.15, 0.2) is 0 Å². The maximum Gasteiger partial charge on any atom is 0.128 e. The van der Waals surface area contributed by atoms with Crippen molar-refractivity contribution in [1.29, 1.82) is 0 Å². The van der Waals surface area contributed by atoms with Crippen molar-refractivity contribution in [3.63, 3.8) is 0 Å². The van der Waals surface area contributed by atoms with E-state index in [2.05, 4.69) is 26.1 Å². The molecule has 1 saturated heterocycles. The largest absolute Gasteiger partial charge is 0.396 e. The van der Waals surface area contributed by atoms with E-state index in [4.69, 9.17) is 0 Å². The summed E-state index contributed by atoms with van der Waals surface area (Å²) < 4.78 is 15.2. The molecule has 1 aliphatic heterocycles. The lowest BCUT2D eigenvalue weighted by atomic mass is 9.79. The molecule has 0 amide bonds. The number of nitrogens with one attached hydrogen (secondary N) is 1. The molecule has 3 nitrogen and oxygen atoms in total. The Morgan fingerprint density at radius 2 is 2.05 bits per heavy atom. The molecule has 112 valence electrons. The summed E-state index contributed by atoms with van der Waals surface area (Å²) in [6, 6.07) is 4.90. The molecule has 20 heavy (non-hydrogen) atoms. The van der Waals surface area contributed by atoms with Crippen molar-refractivity contribution in [3.05, 3.63) is 34.1 Å². The minimum atomic E-state index is -0.404. The van der Waals surface area contributed by atoms with Gasteiger partial charge in [-0.05, 0) is 18.2 Å². The van der Waals surface area contributed by atoms with Gasteiger partial charge in [-0.15, -0.1) is 0 Å². The van der Waals surface area contributed by atoms with Gasteiger partial charge in [-0.2, -0.15) is 0 Å². The predicted octanol–water partition coefficient (Wildman–Crippen LogP) is 2.55. The topological polar surface area (TPSA) is 35.5 Å². The van der Waals surface area contributed by atoms with Crippen molar-refractivity contribution in [2.24, 2.45) is 5.41 Å². The summed E-state index contributed by atoms with van der Waals surface area (Å²) >= 11 is 3.42. The van der Waals surface area contributed by atoms with Gasteiger partial charge in [-0.1, -0.05) is 29.8 Å². The van der Waals surface area contributed by atoms with Crippen LogP contribution in [0.4, 0.5) is 4.39 Å². The van der Waals surface area contributed by atoms with Crippen molar-refractivity contribution in [1.82, 2.24) is 10.2 Å². The molecule has 0 aromatic heterocycles. The van der Waals surface area contributed by atoms with Crippen LogP contribution in [-0.2, 0) is 0 Å². The van der Waals surface area contributed by atoms with E-state index in [1.807, 2.05) is 19.9 Å². The molecule has 1 fully saturated rings. The van der Waals surface area contributed by atoms with Crippen LogP contribution in [0.2, 0.25) is 0 Å². The Balaban J connectivity index is 2.42. The van der Waals surface area contributed by atoms with Crippen LogP contribution >= 0.6 is 15.9 Å². The van der Waals surface area contributed by atoms with E-state index in [0.29, 0.717) is 5.56 Å². The van der Waals surface area contributed by atoms with Crippen LogP contribution in [0.5, 0.6) is 0 Å². The average Bonchev–Trinajstić information content (AvgIpc) is 2.44. The van der Waals surface area contributed by atoms with Crippen LogP contribution in [0, 0.1) is 11.2 Å². The molecular formula is C15H22BrFN2O. The highest BCUT2D eigenvalue weighted by Crippen LogP contribution is 2.40. The monoisotopic (exact) mass is 344 g/mol. The van der Waals surface area contributed by atoms with Crippen LogP contribution in [0.15, 0.2) is 22.7 Å². The number of piperazine rings is 1. The fourth-order valence-corrected chi connectivity index (χ4v) is 3.24. The number of aliphatic hydroxyl groups excluding tert-OH is 1. The number of aliphatic hydroxyl groups is 1. The standard InChI is InChI=1S/C15H22BrFN2O/c1-15(2,10-20)14(19-7-5-18-6-8-19)12-9-11(16)3-4-13(12)17/h3-4,9,14,18,20H,5-8,10H2,1-2H3/t14-/m1/s1. The number of hydrogen-bond donors (Lipinski definition) is 2. The molecule has 1 aromatic rings.